The highest BCUT2D eigenvalue weighted by molar-refractivity contribution is 9.10. The number of halogens is 2. The number of nitrogens with one attached hydrogen (secondary N) is 1. The van der Waals surface area contributed by atoms with Gasteiger partial charge in [0.2, 0.25) is 0 Å². The lowest BCUT2D eigenvalue weighted by atomic mass is 9.98. The Hall–Kier alpha value is -0.840. The van der Waals surface area contributed by atoms with Crippen molar-refractivity contribution in [1.29, 1.82) is 0 Å². The molecule has 0 aliphatic carbocycles. The Morgan fingerprint density at radius 2 is 1.84 bits per heavy atom. The van der Waals surface area contributed by atoms with E-state index in [4.69, 9.17) is 0 Å². The molecule has 0 aliphatic heterocycles. The van der Waals surface area contributed by atoms with Crippen LogP contribution in [-0.4, -0.2) is 13.3 Å². The molecule has 1 nitrogen and oxygen atoms in total. The zero-order valence-corrected chi connectivity index (χ0v) is 13.2. The van der Waals surface area contributed by atoms with E-state index in [2.05, 4.69) is 33.4 Å². The van der Waals surface area contributed by atoms with E-state index in [1.807, 2.05) is 31.5 Å². The number of hydrogen-bond donors (Lipinski definition) is 1. The first-order valence-corrected chi connectivity index (χ1v) is 7.93. The molecule has 0 amide bonds. The van der Waals surface area contributed by atoms with Crippen molar-refractivity contribution in [3.8, 4) is 0 Å². The van der Waals surface area contributed by atoms with Gasteiger partial charge in [0.15, 0.2) is 0 Å². The highest BCUT2D eigenvalue weighted by Crippen LogP contribution is 2.28. The van der Waals surface area contributed by atoms with Crippen molar-refractivity contribution in [1.82, 2.24) is 5.32 Å². The number of hydrogen-bond acceptors (Lipinski definition) is 2. The molecule has 0 radical (unpaired) electrons. The van der Waals surface area contributed by atoms with Crippen LogP contribution in [0.25, 0.3) is 0 Å². The summed E-state index contributed by atoms with van der Waals surface area (Å²) in [6.45, 7) is 0. The van der Waals surface area contributed by atoms with E-state index in [-0.39, 0.29) is 11.9 Å². The molecule has 0 heterocycles. The van der Waals surface area contributed by atoms with Crippen LogP contribution in [0.3, 0.4) is 0 Å². The molecule has 2 aromatic carbocycles. The fraction of sp³-hybridized carbons (Fsp3) is 0.200. The van der Waals surface area contributed by atoms with Gasteiger partial charge in [-0.25, -0.2) is 4.39 Å². The van der Waals surface area contributed by atoms with Crippen molar-refractivity contribution in [3.05, 3.63) is 63.9 Å². The first-order valence-electron chi connectivity index (χ1n) is 5.92. The summed E-state index contributed by atoms with van der Waals surface area (Å²) in [4.78, 5) is 1.20. The Morgan fingerprint density at radius 3 is 2.42 bits per heavy atom. The van der Waals surface area contributed by atoms with Crippen molar-refractivity contribution in [2.24, 2.45) is 0 Å². The summed E-state index contributed by atoms with van der Waals surface area (Å²) >= 11 is 5.09. The van der Waals surface area contributed by atoms with E-state index in [0.29, 0.717) is 5.56 Å². The Bertz CT molecular complexity index is 557. The zero-order valence-electron chi connectivity index (χ0n) is 10.8. The van der Waals surface area contributed by atoms with Crippen LogP contribution in [-0.2, 0) is 0 Å². The van der Waals surface area contributed by atoms with Crippen LogP contribution in [0.2, 0.25) is 0 Å². The molecular weight excluding hydrogens is 325 g/mol. The standard InChI is InChI=1S/C15H15BrFNS/c1-18-15(10-3-6-12(19-2)7-4-10)13-9-11(16)5-8-14(13)17/h3-9,15,18H,1-2H3. The van der Waals surface area contributed by atoms with Crippen LogP contribution in [0.4, 0.5) is 4.39 Å². The van der Waals surface area contributed by atoms with Crippen molar-refractivity contribution >= 4 is 27.7 Å². The second-order valence-corrected chi connectivity index (χ2v) is 5.96. The normalized spacial score (nSPS) is 12.4. The Morgan fingerprint density at radius 1 is 1.16 bits per heavy atom. The molecule has 1 unspecified atom stereocenters. The van der Waals surface area contributed by atoms with E-state index < -0.39 is 0 Å². The van der Waals surface area contributed by atoms with E-state index in [0.717, 1.165) is 10.0 Å². The average molecular weight is 340 g/mol. The first kappa shape index (κ1) is 14.6. The highest BCUT2D eigenvalue weighted by atomic mass is 79.9. The van der Waals surface area contributed by atoms with Gasteiger partial charge in [0.05, 0.1) is 6.04 Å². The van der Waals surface area contributed by atoms with Crippen LogP contribution in [0.15, 0.2) is 51.8 Å². The lowest BCUT2D eigenvalue weighted by molar-refractivity contribution is 0.575. The first-order chi connectivity index (χ1) is 9.15. The van der Waals surface area contributed by atoms with E-state index in [1.54, 1.807) is 17.8 Å². The lowest BCUT2D eigenvalue weighted by Crippen LogP contribution is -2.18. The van der Waals surface area contributed by atoms with Crippen molar-refractivity contribution in [3.63, 3.8) is 0 Å². The molecule has 1 N–H and O–H groups in total. The predicted octanol–water partition coefficient (Wildman–Crippen LogP) is 4.62. The molecular formula is C15H15BrFNS. The van der Waals surface area contributed by atoms with Gasteiger partial charge in [0.1, 0.15) is 5.82 Å². The van der Waals surface area contributed by atoms with Gasteiger partial charge in [-0.3, -0.25) is 0 Å². The molecule has 2 rings (SSSR count). The van der Waals surface area contributed by atoms with E-state index in [9.17, 15) is 4.39 Å². The summed E-state index contributed by atoms with van der Waals surface area (Å²) < 4.78 is 14.9. The maximum atomic E-state index is 14.0. The molecule has 0 fully saturated rings. The molecule has 1 atom stereocenters. The molecule has 0 saturated carbocycles. The topological polar surface area (TPSA) is 12.0 Å². The van der Waals surface area contributed by atoms with Crippen LogP contribution < -0.4 is 5.32 Å². The van der Waals surface area contributed by atoms with Crippen LogP contribution in [0, 0.1) is 5.82 Å². The highest BCUT2D eigenvalue weighted by Gasteiger charge is 2.16. The Labute approximate surface area is 125 Å². The predicted molar refractivity (Wildman–Crippen MR) is 83.2 cm³/mol. The summed E-state index contributed by atoms with van der Waals surface area (Å²) in [7, 11) is 1.84. The molecule has 0 spiro atoms. The molecule has 0 aromatic heterocycles. The number of thioether (sulfide) groups is 1. The van der Waals surface area contributed by atoms with Crippen LogP contribution in [0.5, 0.6) is 0 Å². The quantitative estimate of drug-likeness (QED) is 0.815. The minimum absolute atomic E-state index is 0.145. The number of rotatable bonds is 4. The second-order valence-electron chi connectivity index (χ2n) is 4.16. The van der Waals surface area contributed by atoms with Gasteiger partial charge in [-0.05, 0) is 49.2 Å². The average Bonchev–Trinajstić information content (AvgIpc) is 2.44. The summed E-state index contributed by atoms with van der Waals surface area (Å²) in [5, 5.41) is 3.17. The van der Waals surface area contributed by atoms with Crippen molar-refractivity contribution in [2.45, 2.75) is 10.9 Å². The minimum Gasteiger partial charge on any atom is -0.309 e. The second kappa shape index (κ2) is 6.55. The maximum absolute atomic E-state index is 14.0. The molecule has 4 heteroatoms. The fourth-order valence-electron chi connectivity index (χ4n) is 2.03. The summed E-state index contributed by atoms with van der Waals surface area (Å²) in [5.41, 5.74) is 1.70. The van der Waals surface area contributed by atoms with Gasteiger partial charge in [-0.1, -0.05) is 28.1 Å². The van der Waals surface area contributed by atoms with Gasteiger partial charge in [-0.2, -0.15) is 0 Å². The van der Waals surface area contributed by atoms with Crippen LogP contribution in [0.1, 0.15) is 17.2 Å². The third-order valence-electron chi connectivity index (χ3n) is 3.01. The third kappa shape index (κ3) is 3.38. The fourth-order valence-corrected chi connectivity index (χ4v) is 2.82. The number of benzene rings is 2. The van der Waals surface area contributed by atoms with Gasteiger partial charge in [-0.15, -0.1) is 11.8 Å². The molecule has 100 valence electrons. The Kier molecular flexibility index (Phi) is 5.02. The SMILES string of the molecule is CNC(c1ccc(SC)cc1)c1cc(Br)ccc1F. The molecule has 2 aromatic rings. The lowest BCUT2D eigenvalue weighted by Gasteiger charge is -2.18. The van der Waals surface area contributed by atoms with Crippen LogP contribution >= 0.6 is 27.7 Å². The smallest absolute Gasteiger partial charge is 0.128 e. The zero-order chi connectivity index (χ0) is 13.8. The molecule has 19 heavy (non-hydrogen) atoms. The van der Waals surface area contributed by atoms with Crippen molar-refractivity contribution < 1.29 is 4.39 Å². The van der Waals surface area contributed by atoms with Gasteiger partial charge in [0, 0.05) is 14.9 Å². The van der Waals surface area contributed by atoms with Gasteiger partial charge in [0.25, 0.3) is 0 Å². The molecule has 0 aliphatic rings. The van der Waals surface area contributed by atoms with Gasteiger partial charge >= 0.3 is 0 Å². The van der Waals surface area contributed by atoms with Gasteiger partial charge < -0.3 is 5.32 Å². The van der Waals surface area contributed by atoms with Crippen molar-refractivity contribution in [2.75, 3.05) is 13.3 Å². The largest absolute Gasteiger partial charge is 0.309 e. The Balaban J connectivity index is 2.40. The molecule has 0 bridgehead atoms. The monoisotopic (exact) mass is 339 g/mol. The summed E-state index contributed by atoms with van der Waals surface area (Å²) in [6, 6.07) is 13.1. The minimum atomic E-state index is -0.198. The summed E-state index contributed by atoms with van der Waals surface area (Å²) in [5.74, 6) is -0.198. The third-order valence-corrected chi connectivity index (χ3v) is 4.24. The molecule has 0 saturated heterocycles. The maximum Gasteiger partial charge on any atom is 0.128 e. The summed E-state index contributed by atoms with van der Waals surface area (Å²) in [6.07, 6.45) is 2.04. The van der Waals surface area contributed by atoms with E-state index in [1.165, 1.54) is 11.0 Å². The van der Waals surface area contributed by atoms with E-state index >= 15 is 0 Å².